The third kappa shape index (κ3) is 2.81. The molecule has 1 aliphatic rings. The van der Waals surface area contributed by atoms with E-state index in [4.69, 9.17) is 5.10 Å². The van der Waals surface area contributed by atoms with Crippen molar-refractivity contribution < 1.29 is 4.79 Å². The van der Waals surface area contributed by atoms with Gasteiger partial charge in [-0.3, -0.25) is 4.79 Å². The molecule has 0 bridgehead atoms. The highest BCUT2D eigenvalue weighted by Crippen LogP contribution is 2.34. The van der Waals surface area contributed by atoms with E-state index in [9.17, 15) is 4.79 Å². The number of aryl methyl sites for hydroxylation is 1. The Hall–Kier alpha value is -2.88. The maximum absolute atomic E-state index is 12.8. The van der Waals surface area contributed by atoms with Crippen LogP contribution in [0.3, 0.4) is 0 Å². The van der Waals surface area contributed by atoms with Crippen LogP contribution in [0.25, 0.3) is 5.69 Å². The highest BCUT2D eigenvalue weighted by molar-refractivity contribution is 6.03. The predicted octanol–water partition coefficient (Wildman–Crippen LogP) is 5.00. The second kappa shape index (κ2) is 6.45. The molecule has 1 aliphatic carbocycles. The van der Waals surface area contributed by atoms with Gasteiger partial charge in [0.2, 0.25) is 0 Å². The van der Waals surface area contributed by atoms with Gasteiger partial charge < -0.3 is 5.32 Å². The average Bonchev–Trinajstić information content (AvgIpc) is 2.98. The van der Waals surface area contributed by atoms with E-state index in [1.807, 2.05) is 47.1 Å². The number of aromatic nitrogens is 2. The van der Waals surface area contributed by atoms with Gasteiger partial charge in [-0.2, -0.15) is 0 Å². The molecule has 0 fully saturated rings. The number of Topliss-reactive ketones (excluding diaryl/α,β-unsaturated/α-hetero) is 1. The Kier molecular flexibility index (Phi) is 4.11. The van der Waals surface area contributed by atoms with E-state index >= 15 is 0 Å². The number of nitrogens with one attached hydrogen (secondary N) is 1. The standard InChI is InChI=1S/C22H23N3O/c1-14-12-19-21(20(26)13-14)22(23-18-11-7-8-15(2)16(18)3)24-25(19)17-9-5-4-6-10-17/h4-11,14H,12-13H2,1-3H3,(H,23,24). The summed E-state index contributed by atoms with van der Waals surface area (Å²) in [5.41, 5.74) is 6.12. The van der Waals surface area contributed by atoms with Crippen molar-refractivity contribution in [3.05, 3.63) is 70.9 Å². The fourth-order valence-corrected chi connectivity index (χ4v) is 3.64. The normalized spacial score (nSPS) is 16.4. The molecule has 1 atom stereocenters. The molecule has 0 aliphatic heterocycles. The topological polar surface area (TPSA) is 46.9 Å². The molecule has 4 rings (SSSR count). The van der Waals surface area contributed by atoms with Crippen molar-refractivity contribution in [3.8, 4) is 5.69 Å². The Bertz CT molecular complexity index is 973. The van der Waals surface area contributed by atoms with Crippen molar-refractivity contribution in [2.24, 2.45) is 5.92 Å². The zero-order chi connectivity index (χ0) is 18.3. The van der Waals surface area contributed by atoms with Gasteiger partial charge in [0.15, 0.2) is 11.6 Å². The number of fused-ring (bicyclic) bond motifs is 1. The first kappa shape index (κ1) is 16.6. The maximum Gasteiger partial charge on any atom is 0.168 e. The molecule has 2 aromatic carbocycles. The van der Waals surface area contributed by atoms with E-state index < -0.39 is 0 Å². The van der Waals surface area contributed by atoms with Gasteiger partial charge >= 0.3 is 0 Å². The Balaban J connectivity index is 1.85. The summed E-state index contributed by atoms with van der Waals surface area (Å²) in [5.74, 6) is 1.17. The first-order valence-corrected chi connectivity index (χ1v) is 9.08. The lowest BCUT2D eigenvalue weighted by molar-refractivity contribution is 0.0953. The molecule has 1 aromatic heterocycles. The largest absolute Gasteiger partial charge is 0.338 e. The minimum Gasteiger partial charge on any atom is -0.338 e. The van der Waals surface area contributed by atoms with Crippen molar-refractivity contribution in [2.45, 2.75) is 33.6 Å². The molecule has 4 heteroatoms. The van der Waals surface area contributed by atoms with E-state index in [1.165, 1.54) is 11.1 Å². The number of nitrogens with zero attached hydrogens (tertiary/aromatic N) is 2. The zero-order valence-electron chi connectivity index (χ0n) is 15.4. The van der Waals surface area contributed by atoms with Gasteiger partial charge in [-0.05, 0) is 55.5 Å². The molecule has 3 aromatic rings. The molecule has 1 heterocycles. The van der Waals surface area contributed by atoms with Gasteiger partial charge in [0.25, 0.3) is 0 Å². The first-order chi connectivity index (χ1) is 12.5. The fourth-order valence-electron chi connectivity index (χ4n) is 3.64. The van der Waals surface area contributed by atoms with Crippen LogP contribution in [-0.4, -0.2) is 15.6 Å². The number of carbonyl (C=O) groups is 1. The number of hydrogen-bond acceptors (Lipinski definition) is 3. The van der Waals surface area contributed by atoms with E-state index in [1.54, 1.807) is 0 Å². The summed E-state index contributed by atoms with van der Waals surface area (Å²) in [6, 6.07) is 16.2. The van der Waals surface area contributed by atoms with Crippen molar-refractivity contribution in [2.75, 3.05) is 5.32 Å². The number of benzene rings is 2. The molecule has 4 nitrogen and oxygen atoms in total. The van der Waals surface area contributed by atoms with E-state index in [0.717, 1.165) is 29.1 Å². The third-order valence-corrected chi connectivity index (χ3v) is 5.19. The minimum atomic E-state index is 0.175. The van der Waals surface area contributed by atoms with Crippen molar-refractivity contribution in [3.63, 3.8) is 0 Å². The summed E-state index contributed by atoms with van der Waals surface area (Å²) in [6.45, 7) is 6.30. The lowest BCUT2D eigenvalue weighted by atomic mass is 9.87. The fraction of sp³-hybridized carbons (Fsp3) is 0.273. The third-order valence-electron chi connectivity index (χ3n) is 5.19. The SMILES string of the molecule is Cc1cccc(Nc2nn(-c3ccccc3)c3c2C(=O)CC(C)C3)c1C. The number of rotatable bonds is 3. The molecular weight excluding hydrogens is 322 g/mol. The van der Waals surface area contributed by atoms with Gasteiger partial charge in [-0.15, -0.1) is 5.10 Å². The minimum absolute atomic E-state index is 0.175. The van der Waals surface area contributed by atoms with Crippen LogP contribution >= 0.6 is 0 Å². The molecule has 0 saturated heterocycles. The van der Waals surface area contributed by atoms with Crippen LogP contribution in [0.4, 0.5) is 11.5 Å². The maximum atomic E-state index is 12.8. The molecule has 0 amide bonds. The first-order valence-electron chi connectivity index (χ1n) is 9.08. The lowest BCUT2D eigenvalue weighted by Gasteiger charge is -2.19. The summed E-state index contributed by atoms with van der Waals surface area (Å²) >= 11 is 0. The van der Waals surface area contributed by atoms with Crippen LogP contribution in [0.5, 0.6) is 0 Å². The van der Waals surface area contributed by atoms with Crippen LogP contribution in [0, 0.1) is 19.8 Å². The number of carbonyl (C=O) groups excluding carboxylic acids is 1. The van der Waals surface area contributed by atoms with E-state index in [0.29, 0.717) is 18.2 Å². The summed E-state index contributed by atoms with van der Waals surface area (Å²) in [7, 11) is 0. The quantitative estimate of drug-likeness (QED) is 0.727. The molecule has 1 unspecified atom stereocenters. The van der Waals surface area contributed by atoms with Gasteiger partial charge in [0, 0.05) is 12.1 Å². The molecular formula is C22H23N3O. The summed E-state index contributed by atoms with van der Waals surface area (Å²) in [4.78, 5) is 12.8. The summed E-state index contributed by atoms with van der Waals surface area (Å²) in [5, 5.41) is 8.22. The van der Waals surface area contributed by atoms with Crippen LogP contribution < -0.4 is 5.32 Å². The van der Waals surface area contributed by atoms with Gasteiger partial charge in [-0.1, -0.05) is 37.3 Å². The monoisotopic (exact) mass is 345 g/mol. The zero-order valence-corrected chi connectivity index (χ0v) is 15.4. The summed E-state index contributed by atoms with van der Waals surface area (Å²) in [6.07, 6.45) is 1.44. The predicted molar refractivity (Wildman–Crippen MR) is 105 cm³/mol. The van der Waals surface area contributed by atoms with Crippen LogP contribution in [-0.2, 0) is 6.42 Å². The second-order valence-electron chi connectivity index (χ2n) is 7.23. The number of anilines is 2. The van der Waals surface area contributed by atoms with Crippen molar-refractivity contribution in [1.82, 2.24) is 9.78 Å². The molecule has 0 saturated carbocycles. The number of hydrogen-bond donors (Lipinski definition) is 1. The van der Waals surface area contributed by atoms with Crippen LogP contribution in [0.1, 0.15) is 40.5 Å². The van der Waals surface area contributed by atoms with Crippen molar-refractivity contribution in [1.29, 1.82) is 0 Å². The van der Waals surface area contributed by atoms with Gasteiger partial charge in [-0.25, -0.2) is 4.68 Å². The Morgan fingerprint density at radius 3 is 2.58 bits per heavy atom. The lowest BCUT2D eigenvalue weighted by Crippen LogP contribution is -2.19. The van der Waals surface area contributed by atoms with Gasteiger partial charge in [0.05, 0.1) is 16.9 Å². The number of para-hydroxylation sites is 1. The molecule has 26 heavy (non-hydrogen) atoms. The molecule has 0 spiro atoms. The second-order valence-corrected chi connectivity index (χ2v) is 7.23. The Morgan fingerprint density at radius 1 is 1.04 bits per heavy atom. The Labute approximate surface area is 153 Å². The van der Waals surface area contributed by atoms with Crippen LogP contribution in [0.2, 0.25) is 0 Å². The number of ketones is 1. The van der Waals surface area contributed by atoms with Crippen molar-refractivity contribution >= 4 is 17.3 Å². The van der Waals surface area contributed by atoms with Gasteiger partial charge in [0.1, 0.15) is 0 Å². The average molecular weight is 345 g/mol. The highest BCUT2D eigenvalue weighted by Gasteiger charge is 2.31. The molecule has 1 N–H and O–H groups in total. The summed E-state index contributed by atoms with van der Waals surface area (Å²) < 4.78 is 1.93. The molecule has 132 valence electrons. The Morgan fingerprint density at radius 2 is 1.81 bits per heavy atom. The smallest absolute Gasteiger partial charge is 0.168 e. The highest BCUT2D eigenvalue weighted by atomic mass is 16.1. The molecule has 0 radical (unpaired) electrons. The van der Waals surface area contributed by atoms with E-state index in [2.05, 4.69) is 32.2 Å². The van der Waals surface area contributed by atoms with Crippen LogP contribution in [0.15, 0.2) is 48.5 Å². The van der Waals surface area contributed by atoms with E-state index in [-0.39, 0.29) is 5.78 Å².